The molecule has 1 aromatic rings. The Bertz CT molecular complexity index is 157. The van der Waals surface area contributed by atoms with Gasteiger partial charge in [-0.3, -0.25) is 5.10 Å². The topological polar surface area (TPSA) is 31.9 Å². The molecular weight excluding hydrogens is 114 g/mol. The molecule has 1 aromatic heterocycles. The molecule has 1 N–H and O–H groups in total. The predicted molar refractivity (Wildman–Crippen MR) is 36.4 cm³/mol. The zero-order valence-corrected chi connectivity index (χ0v) is 5.68. The third-order valence-corrected chi connectivity index (χ3v) is 1.32. The van der Waals surface area contributed by atoms with E-state index in [9.17, 15) is 0 Å². The van der Waals surface area contributed by atoms with Crippen LogP contribution in [0.2, 0.25) is 0 Å². The molecule has 3 nitrogen and oxygen atoms in total. The van der Waals surface area contributed by atoms with Crippen LogP contribution in [-0.4, -0.2) is 23.8 Å². The first-order chi connectivity index (χ1) is 4.34. The lowest BCUT2D eigenvalue weighted by molar-refractivity contribution is 0.968. The van der Waals surface area contributed by atoms with Crippen LogP contribution in [0, 0.1) is 6.20 Å². The summed E-state index contributed by atoms with van der Waals surface area (Å²) in [5.41, 5.74) is 1.01. The van der Waals surface area contributed by atoms with Crippen LogP contribution in [-0.2, 0) is 0 Å². The third-order valence-electron chi connectivity index (χ3n) is 1.32. The maximum Gasteiger partial charge on any atom is 0.138 e. The Morgan fingerprint density at radius 1 is 1.89 bits per heavy atom. The van der Waals surface area contributed by atoms with E-state index in [2.05, 4.69) is 28.2 Å². The molecule has 3 heteroatoms. The summed E-state index contributed by atoms with van der Waals surface area (Å²) < 4.78 is 0. The van der Waals surface area contributed by atoms with Gasteiger partial charge in [0.25, 0.3) is 0 Å². The normalized spacial score (nSPS) is 9.56. The van der Waals surface area contributed by atoms with E-state index in [0.29, 0.717) is 0 Å². The van der Waals surface area contributed by atoms with Crippen LogP contribution in [0.4, 0.5) is 5.69 Å². The smallest absolute Gasteiger partial charge is 0.138 e. The molecule has 0 aromatic carbocycles. The first-order valence-electron chi connectivity index (χ1n) is 2.97. The Hall–Kier alpha value is -0.990. The van der Waals surface area contributed by atoms with Crippen LogP contribution < -0.4 is 4.90 Å². The molecule has 49 valence electrons. The molecule has 0 saturated heterocycles. The molecule has 0 fully saturated rings. The molecule has 1 rings (SSSR count). The Morgan fingerprint density at radius 2 is 2.67 bits per heavy atom. The van der Waals surface area contributed by atoms with Gasteiger partial charge in [-0.05, 0) is 6.92 Å². The van der Waals surface area contributed by atoms with E-state index >= 15 is 0 Å². The average molecular weight is 124 g/mol. The van der Waals surface area contributed by atoms with Gasteiger partial charge in [-0.15, -0.1) is 0 Å². The molecule has 0 spiro atoms. The molecular formula is C6H10N3. The summed E-state index contributed by atoms with van der Waals surface area (Å²) in [5, 5.41) is 6.40. The van der Waals surface area contributed by atoms with E-state index in [1.165, 1.54) is 0 Å². The van der Waals surface area contributed by atoms with Crippen LogP contribution >= 0.6 is 0 Å². The van der Waals surface area contributed by atoms with E-state index < -0.39 is 0 Å². The second kappa shape index (κ2) is 2.53. The number of hydrogen-bond acceptors (Lipinski definition) is 2. The molecule has 0 aliphatic carbocycles. The molecule has 0 unspecified atom stereocenters. The van der Waals surface area contributed by atoms with Crippen molar-refractivity contribution in [2.75, 3.05) is 18.5 Å². The van der Waals surface area contributed by atoms with Gasteiger partial charge in [0.15, 0.2) is 0 Å². The van der Waals surface area contributed by atoms with Gasteiger partial charge in [-0.25, -0.2) is 0 Å². The highest BCUT2D eigenvalue weighted by atomic mass is 15.2. The predicted octanol–water partition coefficient (Wildman–Crippen LogP) is 0.666. The van der Waals surface area contributed by atoms with Gasteiger partial charge in [0.1, 0.15) is 6.20 Å². The first kappa shape index (κ1) is 6.13. The number of H-pyrrole nitrogens is 1. The SMILES string of the molecule is CCN(C)c1[c]n[nH]c1. The lowest BCUT2D eigenvalue weighted by Gasteiger charge is -2.11. The van der Waals surface area contributed by atoms with Crippen LogP contribution in [0.25, 0.3) is 0 Å². The minimum Gasteiger partial charge on any atom is -0.372 e. The van der Waals surface area contributed by atoms with Crippen molar-refractivity contribution in [3.05, 3.63) is 12.4 Å². The van der Waals surface area contributed by atoms with Gasteiger partial charge < -0.3 is 4.90 Å². The Morgan fingerprint density at radius 3 is 3.11 bits per heavy atom. The van der Waals surface area contributed by atoms with Gasteiger partial charge in [0.05, 0.1) is 5.69 Å². The van der Waals surface area contributed by atoms with E-state index in [1.807, 2.05) is 13.2 Å². The molecule has 0 saturated carbocycles. The summed E-state index contributed by atoms with van der Waals surface area (Å²) >= 11 is 0. The van der Waals surface area contributed by atoms with Crippen molar-refractivity contribution in [2.45, 2.75) is 6.92 Å². The molecule has 0 atom stereocenters. The van der Waals surface area contributed by atoms with Crippen molar-refractivity contribution in [2.24, 2.45) is 0 Å². The molecule has 0 aliphatic heterocycles. The Labute approximate surface area is 54.7 Å². The zero-order valence-electron chi connectivity index (χ0n) is 5.68. The molecule has 0 bridgehead atoms. The molecule has 1 radical (unpaired) electrons. The number of hydrogen-bond donors (Lipinski definition) is 1. The van der Waals surface area contributed by atoms with E-state index in [4.69, 9.17) is 0 Å². The molecule has 0 aliphatic rings. The summed E-state index contributed by atoms with van der Waals surface area (Å²) in [6.45, 7) is 3.07. The fourth-order valence-electron chi connectivity index (χ4n) is 0.581. The minimum absolute atomic E-state index is 0.982. The largest absolute Gasteiger partial charge is 0.372 e. The highest BCUT2D eigenvalue weighted by Crippen LogP contribution is 2.05. The summed E-state index contributed by atoms with van der Waals surface area (Å²) in [5.74, 6) is 0. The van der Waals surface area contributed by atoms with Gasteiger partial charge >= 0.3 is 0 Å². The lowest BCUT2D eigenvalue weighted by atomic mass is 10.5. The van der Waals surface area contributed by atoms with Crippen molar-refractivity contribution in [3.63, 3.8) is 0 Å². The minimum atomic E-state index is 0.982. The van der Waals surface area contributed by atoms with Crippen LogP contribution in [0.5, 0.6) is 0 Å². The van der Waals surface area contributed by atoms with Crippen LogP contribution in [0.1, 0.15) is 6.92 Å². The van der Waals surface area contributed by atoms with E-state index in [0.717, 1.165) is 12.2 Å². The Balaban J connectivity index is 2.65. The van der Waals surface area contributed by atoms with Gasteiger partial charge in [0.2, 0.25) is 0 Å². The zero-order chi connectivity index (χ0) is 6.69. The van der Waals surface area contributed by atoms with Crippen molar-refractivity contribution in [1.29, 1.82) is 0 Å². The number of anilines is 1. The first-order valence-corrected chi connectivity index (χ1v) is 2.97. The number of aromatic amines is 1. The van der Waals surface area contributed by atoms with Gasteiger partial charge in [-0.1, -0.05) is 0 Å². The lowest BCUT2D eigenvalue weighted by Crippen LogP contribution is -2.14. The summed E-state index contributed by atoms with van der Waals surface area (Å²) in [7, 11) is 2.00. The fraction of sp³-hybridized carbons (Fsp3) is 0.500. The van der Waals surface area contributed by atoms with Gasteiger partial charge in [0, 0.05) is 19.8 Å². The second-order valence-electron chi connectivity index (χ2n) is 1.90. The van der Waals surface area contributed by atoms with Crippen LogP contribution in [0.3, 0.4) is 0 Å². The van der Waals surface area contributed by atoms with Crippen molar-refractivity contribution in [3.8, 4) is 0 Å². The quantitative estimate of drug-likeness (QED) is 0.628. The molecule has 0 amide bonds. The summed E-state index contributed by atoms with van der Waals surface area (Å²) in [4.78, 5) is 2.06. The van der Waals surface area contributed by atoms with Crippen molar-refractivity contribution < 1.29 is 0 Å². The van der Waals surface area contributed by atoms with E-state index in [1.54, 1.807) is 0 Å². The standard InChI is InChI=1S/C6H10N3/c1-3-9(2)6-4-7-8-5-6/h4H,3H2,1-2H3,(H,7,8). The molecule has 1 heterocycles. The third kappa shape index (κ3) is 1.22. The highest BCUT2D eigenvalue weighted by Gasteiger charge is 1.96. The van der Waals surface area contributed by atoms with E-state index in [-0.39, 0.29) is 0 Å². The fourth-order valence-corrected chi connectivity index (χ4v) is 0.581. The number of aromatic nitrogens is 2. The number of rotatable bonds is 2. The Kier molecular flexibility index (Phi) is 1.72. The van der Waals surface area contributed by atoms with Crippen molar-refractivity contribution >= 4 is 5.69 Å². The maximum absolute atomic E-state index is 3.70. The van der Waals surface area contributed by atoms with Crippen molar-refractivity contribution in [1.82, 2.24) is 10.2 Å². The monoisotopic (exact) mass is 124 g/mol. The van der Waals surface area contributed by atoms with Gasteiger partial charge in [-0.2, -0.15) is 5.10 Å². The number of nitrogens with one attached hydrogen (secondary N) is 1. The summed E-state index contributed by atoms with van der Waals surface area (Å²) in [6.07, 6.45) is 4.63. The molecule has 9 heavy (non-hydrogen) atoms. The number of nitrogens with zero attached hydrogens (tertiary/aromatic N) is 2. The van der Waals surface area contributed by atoms with Crippen LogP contribution in [0.15, 0.2) is 6.20 Å². The average Bonchev–Trinajstić information content (AvgIpc) is 2.37. The maximum atomic E-state index is 3.70. The highest BCUT2D eigenvalue weighted by molar-refractivity contribution is 5.38. The summed E-state index contributed by atoms with van der Waals surface area (Å²) in [6, 6.07) is 0. The second-order valence-corrected chi connectivity index (χ2v) is 1.90.